The van der Waals surface area contributed by atoms with E-state index in [4.69, 9.17) is 0 Å². The Morgan fingerprint density at radius 1 is 1.32 bits per heavy atom. The van der Waals surface area contributed by atoms with Crippen LogP contribution in [-0.4, -0.2) is 36.3 Å². The third-order valence-corrected chi connectivity index (χ3v) is 3.17. The Balaban J connectivity index is 1.94. The molecule has 3 aromatic rings. The largest absolute Gasteiger partial charge is 0.288 e. The van der Waals surface area contributed by atoms with Crippen molar-refractivity contribution in [3.63, 3.8) is 0 Å². The zero-order valence-corrected chi connectivity index (χ0v) is 12.0. The first-order valence-corrected chi connectivity index (χ1v) is 6.96. The molecule has 3 rings (SSSR count). The van der Waals surface area contributed by atoms with Crippen molar-refractivity contribution in [1.82, 2.24) is 30.4 Å². The molecule has 0 saturated carbocycles. The van der Waals surface area contributed by atoms with Crippen LogP contribution < -0.4 is 5.32 Å². The quantitative estimate of drug-likeness (QED) is 0.744. The van der Waals surface area contributed by atoms with Crippen LogP contribution in [0.4, 0.5) is 5.95 Å². The lowest BCUT2D eigenvalue weighted by Crippen LogP contribution is -2.15. The van der Waals surface area contributed by atoms with E-state index in [1.165, 1.54) is 0 Å². The smallest absolute Gasteiger partial charge is 0.270 e. The topological polar surface area (TPSA) is 101 Å². The number of aromatic amines is 1. The van der Waals surface area contributed by atoms with Crippen LogP contribution in [0.1, 0.15) is 29.4 Å². The summed E-state index contributed by atoms with van der Waals surface area (Å²) < 4.78 is 1.79. The van der Waals surface area contributed by atoms with Gasteiger partial charge in [-0.1, -0.05) is 36.6 Å². The van der Waals surface area contributed by atoms with Gasteiger partial charge >= 0.3 is 0 Å². The summed E-state index contributed by atoms with van der Waals surface area (Å²) in [6, 6.07) is 9.72. The number of nitrogens with zero attached hydrogens (tertiary/aromatic N) is 5. The van der Waals surface area contributed by atoms with E-state index in [9.17, 15) is 4.79 Å². The lowest BCUT2D eigenvalue weighted by molar-refractivity contribution is 0.102. The predicted octanol–water partition coefficient (Wildman–Crippen LogP) is 1.59. The van der Waals surface area contributed by atoms with Gasteiger partial charge in [-0.05, 0) is 23.8 Å². The maximum atomic E-state index is 12.4. The minimum absolute atomic E-state index is 0.139. The number of aromatic nitrogens is 6. The summed E-state index contributed by atoms with van der Waals surface area (Å²) in [5.74, 6) is -0.160. The Morgan fingerprint density at radius 2 is 2.14 bits per heavy atom. The van der Waals surface area contributed by atoms with Gasteiger partial charge in [0, 0.05) is 0 Å². The number of hydrogen-bond donors (Lipinski definition) is 2. The summed E-state index contributed by atoms with van der Waals surface area (Å²) in [5.41, 5.74) is 2.29. The zero-order valence-electron chi connectivity index (χ0n) is 12.0. The first-order chi connectivity index (χ1) is 10.8. The Hall–Kier alpha value is -3.03. The Kier molecular flexibility index (Phi) is 3.90. The zero-order chi connectivity index (χ0) is 15.4. The normalized spacial score (nSPS) is 10.6. The molecule has 0 spiro atoms. The van der Waals surface area contributed by atoms with E-state index < -0.39 is 0 Å². The molecule has 0 fully saturated rings. The summed E-state index contributed by atoms with van der Waals surface area (Å²) in [4.78, 5) is 12.4. The number of para-hydroxylation sites is 1. The summed E-state index contributed by atoms with van der Waals surface area (Å²) in [7, 11) is 0. The minimum Gasteiger partial charge on any atom is -0.288 e. The SMILES string of the molecule is CCCc1c(C(=O)Nc2nn[nH]n2)cnn1-c1ccccc1. The van der Waals surface area contributed by atoms with Crippen LogP contribution >= 0.6 is 0 Å². The molecule has 0 aliphatic heterocycles. The van der Waals surface area contributed by atoms with Crippen molar-refractivity contribution < 1.29 is 4.79 Å². The molecule has 0 bridgehead atoms. The third-order valence-electron chi connectivity index (χ3n) is 3.17. The number of tetrazole rings is 1. The fraction of sp³-hybridized carbons (Fsp3) is 0.214. The van der Waals surface area contributed by atoms with Gasteiger partial charge in [0.15, 0.2) is 0 Å². The number of nitrogens with one attached hydrogen (secondary N) is 2. The molecule has 2 N–H and O–H groups in total. The number of benzene rings is 1. The highest BCUT2D eigenvalue weighted by Crippen LogP contribution is 2.17. The molecule has 8 nitrogen and oxygen atoms in total. The molecule has 0 atom stereocenters. The monoisotopic (exact) mass is 297 g/mol. The second-order valence-electron chi connectivity index (χ2n) is 4.69. The minimum atomic E-state index is -0.299. The molecule has 0 aliphatic carbocycles. The van der Waals surface area contributed by atoms with Gasteiger partial charge in [0.05, 0.1) is 23.1 Å². The molecule has 0 saturated heterocycles. The number of hydrogen-bond acceptors (Lipinski definition) is 5. The number of anilines is 1. The number of H-pyrrole nitrogens is 1. The van der Waals surface area contributed by atoms with Crippen molar-refractivity contribution in [3.8, 4) is 5.69 Å². The standard InChI is InChI=1S/C14H15N7O/c1-2-6-12-11(13(22)16-14-17-19-20-18-14)9-15-21(12)10-7-4-3-5-8-10/h3-5,7-9H,2,6H2,1H3,(H2,16,17,18,19,20,22). The van der Waals surface area contributed by atoms with E-state index in [1.807, 2.05) is 30.3 Å². The van der Waals surface area contributed by atoms with Gasteiger partial charge in [0.2, 0.25) is 0 Å². The van der Waals surface area contributed by atoms with E-state index in [0.29, 0.717) is 5.56 Å². The van der Waals surface area contributed by atoms with Crippen LogP contribution in [-0.2, 0) is 6.42 Å². The van der Waals surface area contributed by atoms with E-state index in [0.717, 1.165) is 24.2 Å². The molecule has 8 heteroatoms. The van der Waals surface area contributed by atoms with Gasteiger partial charge in [-0.25, -0.2) is 4.68 Å². The van der Waals surface area contributed by atoms with Crippen LogP contribution in [0.15, 0.2) is 36.5 Å². The van der Waals surface area contributed by atoms with E-state index in [-0.39, 0.29) is 11.9 Å². The molecular formula is C14H15N7O. The van der Waals surface area contributed by atoms with Gasteiger partial charge in [0.25, 0.3) is 11.9 Å². The number of carbonyl (C=O) groups excluding carboxylic acids is 1. The van der Waals surface area contributed by atoms with E-state index in [2.05, 4.69) is 38.0 Å². The van der Waals surface area contributed by atoms with Crippen molar-refractivity contribution in [3.05, 3.63) is 47.8 Å². The lowest BCUT2D eigenvalue weighted by atomic mass is 10.1. The van der Waals surface area contributed by atoms with E-state index in [1.54, 1.807) is 10.9 Å². The Labute approximate surface area is 126 Å². The summed E-state index contributed by atoms with van der Waals surface area (Å²) in [6.07, 6.45) is 3.21. The molecule has 0 radical (unpaired) electrons. The van der Waals surface area contributed by atoms with Crippen molar-refractivity contribution in [2.75, 3.05) is 5.32 Å². The van der Waals surface area contributed by atoms with Crippen molar-refractivity contribution in [1.29, 1.82) is 0 Å². The number of amides is 1. The number of rotatable bonds is 5. The molecule has 112 valence electrons. The van der Waals surface area contributed by atoms with Crippen LogP contribution in [0.2, 0.25) is 0 Å². The van der Waals surface area contributed by atoms with Crippen LogP contribution in [0, 0.1) is 0 Å². The van der Waals surface area contributed by atoms with Gasteiger partial charge in [0.1, 0.15) is 0 Å². The molecule has 2 heterocycles. The molecule has 0 aliphatic rings. The first-order valence-electron chi connectivity index (χ1n) is 6.96. The van der Waals surface area contributed by atoms with Gasteiger partial charge in [-0.15, -0.1) is 5.10 Å². The maximum Gasteiger partial charge on any atom is 0.270 e. The van der Waals surface area contributed by atoms with Crippen molar-refractivity contribution in [2.24, 2.45) is 0 Å². The molecule has 1 aromatic carbocycles. The summed E-state index contributed by atoms with van der Waals surface area (Å²) in [6.45, 7) is 2.06. The highest BCUT2D eigenvalue weighted by Gasteiger charge is 2.18. The van der Waals surface area contributed by atoms with Crippen LogP contribution in [0.5, 0.6) is 0 Å². The molecular weight excluding hydrogens is 282 g/mol. The van der Waals surface area contributed by atoms with Crippen LogP contribution in [0.3, 0.4) is 0 Å². The molecule has 1 amide bonds. The molecule has 22 heavy (non-hydrogen) atoms. The highest BCUT2D eigenvalue weighted by molar-refractivity contribution is 6.04. The second kappa shape index (κ2) is 6.17. The summed E-state index contributed by atoms with van der Waals surface area (Å²) in [5, 5.41) is 20.1. The van der Waals surface area contributed by atoms with Gasteiger partial charge in [-0.3, -0.25) is 10.1 Å². The van der Waals surface area contributed by atoms with Crippen molar-refractivity contribution in [2.45, 2.75) is 19.8 Å². The van der Waals surface area contributed by atoms with E-state index >= 15 is 0 Å². The predicted molar refractivity (Wildman–Crippen MR) is 79.7 cm³/mol. The van der Waals surface area contributed by atoms with Gasteiger partial charge in [-0.2, -0.15) is 10.3 Å². The number of carbonyl (C=O) groups is 1. The fourth-order valence-electron chi connectivity index (χ4n) is 2.22. The highest BCUT2D eigenvalue weighted by atomic mass is 16.1. The molecule has 0 unspecified atom stereocenters. The summed E-state index contributed by atoms with van der Waals surface area (Å²) >= 11 is 0. The average molecular weight is 297 g/mol. The maximum absolute atomic E-state index is 12.4. The molecule has 2 aromatic heterocycles. The van der Waals surface area contributed by atoms with Crippen LogP contribution in [0.25, 0.3) is 5.69 Å². The van der Waals surface area contributed by atoms with Gasteiger partial charge < -0.3 is 0 Å². The Bertz CT molecular complexity index is 749. The second-order valence-corrected chi connectivity index (χ2v) is 4.69. The average Bonchev–Trinajstić information content (AvgIpc) is 3.18. The fourth-order valence-corrected chi connectivity index (χ4v) is 2.22. The third kappa shape index (κ3) is 2.71. The lowest BCUT2D eigenvalue weighted by Gasteiger charge is -2.08. The Morgan fingerprint density at radius 3 is 2.82 bits per heavy atom. The first kappa shape index (κ1) is 13.9. The van der Waals surface area contributed by atoms with Crippen molar-refractivity contribution >= 4 is 11.9 Å².